The lowest BCUT2D eigenvalue weighted by atomic mass is 9.80. The number of alkyl halides is 3. The highest BCUT2D eigenvalue weighted by molar-refractivity contribution is 7.44. The van der Waals surface area contributed by atoms with Crippen LogP contribution in [-0.4, -0.2) is 50.7 Å². The predicted molar refractivity (Wildman–Crippen MR) is 164 cm³/mol. The van der Waals surface area contributed by atoms with E-state index in [9.17, 15) is 46.8 Å². The molecule has 4 aromatic rings. The number of hydrogen-bond acceptors (Lipinski definition) is 8. The van der Waals surface area contributed by atoms with Gasteiger partial charge in [0.1, 0.15) is 24.4 Å². The second kappa shape index (κ2) is 13.8. The Morgan fingerprint density at radius 2 is 1.84 bits per heavy atom. The first-order chi connectivity index (χ1) is 23.1. The molecule has 49 heavy (non-hydrogen) atoms. The van der Waals surface area contributed by atoms with Gasteiger partial charge < -0.3 is 15.1 Å². The molecule has 0 aliphatic carbocycles. The van der Waals surface area contributed by atoms with E-state index in [1.54, 1.807) is 43.4 Å². The minimum Gasteiger partial charge on any atom is -0.756 e. The summed E-state index contributed by atoms with van der Waals surface area (Å²) in [4.78, 5) is 50.7. The normalized spacial score (nSPS) is 17.9. The van der Waals surface area contributed by atoms with Crippen molar-refractivity contribution in [2.45, 2.75) is 38.0 Å². The van der Waals surface area contributed by atoms with Crippen molar-refractivity contribution in [1.82, 2.24) is 20.0 Å². The van der Waals surface area contributed by atoms with Gasteiger partial charge in [-0.25, -0.2) is 9.07 Å². The van der Waals surface area contributed by atoms with Crippen LogP contribution in [-0.2, 0) is 20.1 Å². The number of nitriles is 1. The number of fused-ring (bicyclic) bond motifs is 1. The van der Waals surface area contributed by atoms with Crippen LogP contribution in [0.15, 0.2) is 78.9 Å². The van der Waals surface area contributed by atoms with E-state index in [0.29, 0.717) is 17.3 Å². The smallest absolute Gasteiger partial charge is 0.416 e. The van der Waals surface area contributed by atoms with Crippen molar-refractivity contribution in [3.05, 3.63) is 113 Å². The van der Waals surface area contributed by atoms with Gasteiger partial charge in [-0.05, 0) is 61.9 Å². The van der Waals surface area contributed by atoms with Crippen molar-refractivity contribution < 1.29 is 46.0 Å². The number of halogens is 4. The summed E-state index contributed by atoms with van der Waals surface area (Å²) in [5, 5.41) is 17.3. The molecule has 5 rings (SSSR count). The number of benzene rings is 3. The van der Waals surface area contributed by atoms with Gasteiger partial charge in [0.2, 0.25) is 0 Å². The molecule has 1 aromatic heterocycles. The molecule has 0 fully saturated rings. The number of likely N-dealkylation sites (N-methyl/N-ethyl adjacent to an activating group) is 1. The first kappa shape index (κ1) is 35.2. The summed E-state index contributed by atoms with van der Waals surface area (Å²) in [7, 11) is -5.26. The Labute approximate surface area is 277 Å². The molecule has 17 heteroatoms. The fourth-order valence-corrected chi connectivity index (χ4v) is 5.96. The lowest BCUT2D eigenvalue weighted by Crippen LogP contribution is -2.55. The van der Waals surface area contributed by atoms with Crippen molar-refractivity contribution in [2.24, 2.45) is 0 Å². The molecule has 0 saturated heterocycles. The Morgan fingerprint density at radius 1 is 1.16 bits per heavy atom. The van der Waals surface area contributed by atoms with E-state index < -0.39 is 61.9 Å². The van der Waals surface area contributed by atoms with Crippen LogP contribution < -0.4 is 15.1 Å². The molecule has 0 saturated carbocycles. The van der Waals surface area contributed by atoms with Gasteiger partial charge in [0, 0.05) is 23.6 Å². The van der Waals surface area contributed by atoms with Gasteiger partial charge in [0.05, 0.1) is 23.0 Å². The Balaban J connectivity index is 1.74. The number of amides is 2. The van der Waals surface area contributed by atoms with E-state index in [1.807, 2.05) is 0 Å². The number of hydrogen-bond donors (Lipinski definition) is 2. The summed E-state index contributed by atoms with van der Waals surface area (Å²) >= 11 is 0. The van der Waals surface area contributed by atoms with Crippen LogP contribution in [0.25, 0.3) is 5.69 Å². The second-order valence-electron chi connectivity index (χ2n) is 11.0. The summed E-state index contributed by atoms with van der Waals surface area (Å²) in [5.41, 5.74) is -0.281. The van der Waals surface area contributed by atoms with E-state index in [-0.39, 0.29) is 29.2 Å². The van der Waals surface area contributed by atoms with Gasteiger partial charge in [-0.2, -0.15) is 23.5 Å². The highest BCUT2D eigenvalue weighted by Gasteiger charge is 2.47. The average Bonchev–Trinajstić information content (AvgIpc) is 3.45. The van der Waals surface area contributed by atoms with Crippen LogP contribution in [0, 0.1) is 17.3 Å². The number of nitrogens with one attached hydrogen (secondary N) is 1. The molecule has 1 aliphatic rings. The highest BCUT2D eigenvalue weighted by Crippen LogP contribution is 2.46. The van der Waals surface area contributed by atoms with Crippen molar-refractivity contribution in [1.29, 1.82) is 5.26 Å². The Hall–Kier alpha value is -5.07. The van der Waals surface area contributed by atoms with Gasteiger partial charge in [-0.1, -0.05) is 36.4 Å². The predicted octanol–water partition coefficient (Wildman–Crippen LogP) is 4.61. The molecule has 0 radical (unpaired) electrons. The van der Waals surface area contributed by atoms with E-state index in [0.717, 1.165) is 35.2 Å². The SMILES string of the molecule is CCN1C(=O)[C@@H](NC(=O)c2cccc(C(F)(F)F)c2)[C@@H](c2ccc(F)cc2)c2c([C@@H](C)N(C#N)COP(=O)([O-])O)nn(-c3ccccc3)c21. The first-order valence-electron chi connectivity index (χ1n) is 14.7. The number of anilines is 1. The standard InChI is InChI=1S/C32H29F4N6O6P/c1-3-41-30-26(27(39-42(30)24-10-5-4-6-11-24)19(2)40(17-37)18-48-49(45,46)47)25(20-12-14-23(33)15-13-20)28(31(41)44)38-29(43)21-8-7-9-22(16-21)32(34,35)36/h4-16,19,25,28H,3,18H2,1-2H3,(H,38,43)(H2,45,46,47)/p-1/t19-,25+,28+/m1/s1. The van der Waals surface area contributed by atoms with E-state index in [1.165, 1.54) is 28.6 Å². The van der Waals surface area contributed by atoms with Crippen LogP contribution in [0.4, 0.5) is 23.4 Å². The number of phosphoric acid groups is 1. The first-order valence-corrected chi connectivity index (χ1v) is 16.2. The molecule has 2 amide bonds. The zero-order valence-corrected chi connectivity index (χ0v) is 26.7. The number of carbonyl (C=O) groups is 2. The molecule has 1 aliphatic heterocycles. The molecule has 0 spiro atoms. The monoisotopic (exact) mass is 699 g/mol. The van der Waals surface area contributed by atoms with E-state index >= 15 is 0 Å². The number of rotatable bonds is 10. The molecular weight excluding hydrogens is 671 g/mol. The minimum absolute atomic E-state index is 0.0270. The third-order valence-corrected chi connectivity index (χ3v) is 8.44. The second-order valence-corrected chi connectivity index (χ2v) is 12.2. The maximum atomic E-state index is 14.4. The molecule has 2 N–H and O–H groups in total. The molecule has 256 valence electrons. The third kappa shape index (κ3) is 7.35. The Kier molecular flexibility index (Phi) is 9.93. The van der Waals surface area contributed by atoms with Crippen LogP contribution in [0.2, 0.25) is 0 Å². The third-order valence-electron chi connectivity index (χ3n) is 7.99. The maximum absolute atomic E-state index is 14.4. The van der Waals surface area contributed by atoms with Gasteiger partial charge in [-0.3, -0.25) is 28.5 Å². The summed E-state index contributed by atoms with van der Waals surface area (Å²) < 4.78 is 72.0. The topological polar surface area (TPSA) is 164 Å². The number of aromatic nitrogens is 2. The quantitative estimate of drug-likeness (QED) is 0.0792. The van der Waals surface area contributed by atoms with Crippen LogP contribution in [0.3, 0.4) is 0 Å². The molecule has 0 bridgehead atoms. The Bertz CT molecular complexity index is 1940. The van der Waals surface area contributed by atoms with Crippen LogP contribution in [0.1, 0.15) is 58.5 Å². The Morgan fingerprint density at radius 3 is 2.43 bits per heavy atom. The average molecular weight is 700 g/mol. The summed E-state index contributed by atoms with van der Waals surface area (Å²) in [5.74, 6) is -3.20. The number of nitrogens with zero attached hydrogens (tertiary/aromatic N) is 5. The number of para-hydroxylation sites is 1. The summed E-state index contributed by atoms with van der Waals surface area (Å²) in [6, 6.07) is 14.7. The van der Waals surface area contributed by atoms with Crippen LogP contribution in [0.5, 0.6) is 0 Å². The summed E-state index contributed by atoms with van der Waals surface area (Å²) in [6.07, 6.45) is -2.94. The number of carbonyl (C=O) groups excluding carboxylic acids is 2. The van der Waals surface area contributed by atoms with Crippen molar-refractivity contribution >= 4 is 25.5 Å². The van der Waals surface area contributed by atoms with Crippen molar-refractivity contribution in [3.63, 3.8) is 0 Å². The highest BCUT2D eigenvalue weighted by atomic mass is 31.2. The fourth-order valence-electron chi connectivity index (χ4n) is 5.69. The molecule has 4 atom stereocenters. The fraction of sp³-hybridized carbons (Fsp3) is 0.250. The molecule has 2 heterocycles. The zero-order chi connectivity index (χ0) is 35.7. The summed E-state index contributed by atoms with van der Waals surface area (Å²) in [6.45, 7) is 2.26. The van der Waals surface area contributed by atoms with Crippen molar-refractivity contribution in [3.8, 4) is 11.9 Å². The maximum Gasteiger partial charge on any atom is 0.416 e. The van der Waals surface area contributed by atoms with Gasteiger partial charge in [-0.15, -0.1) is 0 Å². The molecule has 1 unspecified atom stereocenters. The largest absolute Gasteiger partial charge is 0.756 e. The van der Waals surface area contributed by atoms with E-state index in [4.69, 9.17) is 5.10 Å². The molecular formula is C32H28F4N6O6P-. The molecule has 3 aromatic carbocycles. The lowest BCUT2D eigenvalue weighted by Gasteiger charge is -2.39. The zero-order valence-electron chi connectivity index (χ0n) is 25.8. The van der Waals surface area contributed by atoms with Gasteiger partial charge >= 0.3 is 6.18 Å². The molecule has 12 nitrogen and oxygen atoms in total. The van der Waals surface area contributed by atoms with Gasteiger partial charge in [0.15, 0.2) is 6.19 Å². The number of phosphoric ester groups is 1. The van der Waals surface area contributed by atoms with Crippen molar-refractivity contribution in [2.75, 3.05) is 18.2 Å². The van der Waals surface area contributed by atoms with E-state index in [2.05, 4.69) is 9.84 Å². The lowest BCUT2D eigenvalue weighted by molar-refractivity contribution is -0.222. The van der Waals surface area contributed by atoms with Gasteiger partial charge in [0.25, 0.3) is 19.6 Å². The van der Waals surface area contributed by atoms with Crippen LogP contribution >= 0.6 is 7.82 Å². The minimum atomic E-state index is -5.26.